The summed E-state index contributed by atoms with van der Waals surface area (Å²) in [5.41, 5.74) is 1.41. The van der Waals surface area contributed by atoms with Gasteiger partial charge in [0.2, 0.25) is 0 Å². The van der Waals surface area contributed by atoms with Crippen LogP contribution in [0.1, 0.15) is 22.0 Å². The van der Waals surface area contributed by atoms with Crippen LogP contribution in [0, 0.1) is 0 Å². The molecule has 1 aliphatic rings. The molecule has 100 valence electrons. The second kappa shape index (κ2) is 4.52. The highest BCUT2D eigenvalue weighted by molar-refractivity contribution is 6.04. The number of rotatable bonds is 3. The number of carboxylic acid groups (broad SMARTS) is 1. The van der Waals surface area contributed by atoms with Gasteiger partial charge in [-0.1, -0.05) is 0 Å². The first-order valence-corrected chi connectivity index (χ1v) is 5.80. The zero-order valence-corrected chi connectivity index (χ0v) is 10.3. The van der Waals surface area contributed by atoms with Crippen LogP contribution in [0.5, 0.6) is 5.75 Å². The van der Waals surface area contributed by atoms with Gasteiger partial charge < -0.3 is 14.6 Å². The first kappa shape index (κ1) is 11.9. The molecule has 0 saturated carbocycles. The third-order valence-corrected chi connectivity index (χ3v) is 3.24. The van der Waals surface area contributed by atoms with Gasteiger partial charge in [0.05, 0.1) is 49.2 Å². The fourth-order valence-corrected chi connectivity index (χ4v) is 2.36. The molecule has 0 spiro atoms. The lowest BCUT2D eigenvalue weighted by atomic mass is 10.00. The molecule has 7 heteroatoms. The largest absolute Gasteiger partial charge is 0.496 e. The molecule has 2 heterocycles. The molecule has 0 aliphatic carbocycles. The number of fused-ring (bicyclic) bond motifs is 1. The zero-order valence-electron chi connectivity index (χ0n) is 10.3. The maximum absolute atomic E-state index is 11.3. The molecule has 0 amide bonds. The van der Waals surface area contributed by atoms with Gasteiger partial charge in [0, 0.05) is 5.56 Å². The normalized spacial score (nSPS) is 18.9. The number of nitrogens with one attached hydrogen (secondary N) is 2. The molecule has 1 saturated heterocycles. The van der Waals surface area contributed by atoms with E-state index in [0.717, 1.165) is 5.56 Å². The van der Waals surface area contributed by atoms with Crippen LogP contribution in [0.3, 0.4) is 0 Å². The lowest BCUT2D eigenvalue weighted by molar-refractivity contribution is 0.0698. The molecule has 7 nitrogen and oxygen atoms in total. The summed E-state index contributed by atoms with van der Waals surface area (Å²) < 4.78 is 10.7. The Morgan fingerprint density at radius 1 is 1.63 bits per heavy atom. The van der Waals surface area contributed by atoms with E-state index in [-0.39, 0.29) is 11.6 Å². The summed E-state index contributed by atoms with van der Waals surface area (Å²) in [4.78, 5) is 11.3. The quantitative estimate of drug-likeness (QED) is 0.761. The van der Waals surface area contributed by atoms with Crippen LogP contribution in [-0.4, -0.2) is 41.7 Å². The molecule has 3 rings (SSSR count). The van der Waals surface area contributed by atoms with Crippen molar-refractivity contribution in [2.24, 2.45) is 0 Å². The minimum Gasteiger partial charge on any atom is -0.496 e. The van der Waals surface area contributed by atoms with Gasteiger partial charge in [-0.25, -0.2) is 4.79 Å². The minimum atomic E-state index is -1.00. The van der Waals surface area contributed by atoms with Crippen molar-refractivity contribution in [2.75, 3.05) is 20.4 Å². The Kier molecular flexibility index (Phi) is 2.84. The number of methoxy groups -OCH3 is 1. The van der Waals surface area contributed by atoms with Crippen molar-refractivity contribution in [1.82, 2.24) is 15.5 Å². The van der Waals surface area contributed by atoms with Crippen molar-refractivity contribution in [3.8, 4) is 5.75 Å². The fourth-order valence-electron chi connectivity index (χ4n) is 2.36. The van der Waals surface area contributed by atoms with Gasteiger partial charge in [-0.05, 0) is 6.07 Å². The van der Waals surface area contributed by atoms with Gasteiger partial charge in [0.25, 0.3) is 0 Å². The van der Waals surface area contributed by atoms with Crippen LogP contribution in [0.4, 0.5) is 0 Å². The summed E-state index contributed by atoms with van der Waals surface area (Å²) >= 11 is 0. The molecule has 1 unspecified atom stereocenters. The number of hydrogen-bond acceptors (Lipinski definition) is 5. The predicted molar refractivity (Wildman–Crippen MR) is 66.3 cm³/mol. The van der Waals surface area contributed by atoms with Crippen LogP contribution in [0.25, 0.3) is 10.9 Å². The summed E-state index contributed by atoms with van der Waals surface area (Å²) in [7, 11) is 1.56. The van der Waals surface area contributed by atoms with Crippen molar-refractivity contribution in [1.29, 1.82) is 0 Å². The van der Waals surface area contributed by atoms with E-state index < -0.39 is 5.97 Å². The van der Waals surface area contributed by atoms with Crippen LogP contribution < -0.4 is 10.1 Å². The maximum atomic E-state index is 11.3. The smallest absolute Gasteiger partial charge is 0.337 e. The molecule has 1 aromatic carbocycles. The summed E-state index contributed by atoms with van der Waals surface area (Å²) in [5, 5.41) is 19.7. The summed E-state index contributed by atoms with van der Waals surface area (Å²) in [6, 6.07) is 1.53. The van der Waals surface area contributed by atoms with Gasteiger partial charge in [-0.2, -0.15) is 5.10 Å². The molecule has 2 aromatic rings. The first-order chi connectivity index (χ1) is 9.22. The van der Waals surface area contributed by atoms with Crippen molar-refractivity contribution in [3.63, 3.8) is 0 Å². The highest BCUT2D eigenvalue weighted by Gasteiger charge is 2.25. The Morgan fingerprint density at radius 3 is 3.11 bits per heavy atom. The number of carboxylic acids is 1. The number of benzene rings is 1. The average Bonchev–Trinajstić information content (AvgIpc) is 3.07. The van der Waals surface area contributed by atoms with E-state index in [1.54, 1.807) is 19.4 Å². The Balaban J connectivity index is 2.26. The molecule has 1 aliphatic heterocycles. The molecule has 0 radical (unpaired) electrons. The highest BCUT2D eigenvalue weighted by Crippen LogP contribution is 2.36. The van der Waals surface area contributed by atoms with E-state index in [2.05, 4.69) is 15.5 Å². The summed E-state index contributed by atoms with van der Waals surface area (Å²) in [5.74, 6) is -0.381. The van der Waals surface area contributed by atoms with E-state index in [1.807, 2.05) is 0 Å². The van der Waals surface area contributed by atoms with Gasteiger partial charge >= 0.3 is 5.97 Å². The second-order valence-electron chi connectivity index (χ2n) is 4.28. The number of ether oxygens (including phenoxy) is 2. The van der Waals surface area contributed by atoms with Gasteiger partial charge in [-0.15, -0.1) is 0 Å². The Labute approximate surface area is 108 Å². The van der Waals surface area contributed by atoms with Crippen molar-refractivity contribution >= 4 is 16.9 Å². The van der Waals surface area contributed by atoms with Crippen molar-refractivity contribution in [2.45, 2.75) is 6.04 Å². The third kappa shape index (κ3) is 1.83. The topological polar surface area (TPSA) is 96.5 Å². The first-order valence-electron chi connectivity index (χ1n) is 5.80. The molecule has 1 aromatic heterocycles. The second-order valence-corrected chi connectivity index (χ2v) is 4.28. The van der Waals surface area contributed by atoms with E-state index in [1.165, 1.54) is 0 Å². The molecular weight excluding hydrogens is 250 g/mol. The maximum Gasteiger partial charge on any atom is 0.337 e. The Bertz CT molecular complexity index is 631. The standard InChI is InChI=1S/C12H13N3O4/c1-18-11-6(9-4-19-5-13-9)2-7(12(16)17)10-8(11)3-14-15-10/h2-3,9,13H,4-5H2,1H3,(H,14,15)(H,16,17). The van der Waals surface area contributed by atoms with Crippen molar-refractivity contribution < 1.29 is 19.4 Å². The van der Waals surface area contributed by atoms with Crippen LogP contribution in [-0.2, 0) is 4.74 Å². The average molecular weight is 263 g/mol. The molecule has 0 bridgehead atoms. The van der Waals surface area contributed by atoms with E-state index in [0.29, 0.717) is 30.0 Å². The van der Waals surface area contributed by atoms with Crippen LogP contribution in [0.15, 0.2) is 12.3 Å². The zero-order chi connectivity index (χ0) is 13.4. The molecule has 3 N–H and O–H groups in total. The van der Waals surface area contributed by atoms with Gasteiger partial charge in [-0.3, -0.25) is 10.4 Å². The van der Waals surface area contributed by atoms with Gasteiger partial charge in [0.1, 0.15) is 5.75 Å². The Hall–Kier alpha value is -2.12. The predicted octanol–water partition coefficient (Wildman–Crippen LogP) is 0.888. The van der Waals surface area contributed by atoms with E-state index in [9.17, 15) is 9.90 Å². The molecule has 1 atom stereocenters. The van der Waals surface area contributed by atoms with Gasteiger partial charge in [0.15, 0.2) is 0 Å². The SMILES string of the molecule is COc1c(C2COCN2)cc(C(=O)O)c2[nH]ncc12. The molecule has 19 heavy (non-hydrogen) atoms. The van der Waals surface area contributed by atoms with Crippen LogP contribution >= 0.6 is 0 Å². The van der Waals surface area contributed by atoms with E-state index >= 15 is 0 Å². The monoisotopic (exact) mass is 263 g/mol. The Morgan fingerprint density at radius 2 is 2.47 bits per heavy atom. The fraction of sp³-hybridized carbons (Fsp3) is 0.333. The number of aromatic carboxylic acids is 1. The number of nitrogens with zero attached hydrogens (tertiary/aromatic N) is 1. The van der Waals surface area contributed by atoms with Crippen LogP contribution in [0.2, 0.25) is 0 Å². The number of hydrogen-bond donors (Lipinski definition) is 3. The summed E-state index contributed by atoms with van der Waals surface area (Å²) in [6.07, 6.45) is 1.57. The lowest BCUT2D eigenvalue weighted by Gasteiger charge is -2.15. The van der Waals surface area contributed by atoms with Crippen molar-refractivity contribution in [3.05, 3.63) is 23.4 Å². The highest BCUT2D eigenvalue weighted by atomic mass is 16.5. The number of carbonyl (C=O) groups is 1. The number of aromatic nitrogens is 2. The van der Waals surface area contributed by atoms with E-state index in [4.69, 9.17) is 9.47 Å². The minimum absolute atomic E-state index is 0.0765. The number of H-pyrrole nitrogens is 1. The molecular formula is C12H13N3O4. The lowest BCUT2D eigenvalue weighted by Crippen LogP contribution is -2.16. The number of aromatic amines is 1. The molecule has 1 fully saturated rings. The summed E-state index contributed by atoms with van der Waals surface area (Å²) in [6.45, 7) is 0.929. The third-order valence-electron chi connectivity index (χ3n) is 3.24.